The SMILES string of the molecule is CCn1ccnc1CC1CCCC1CNC(C)C. The van der Waals surface area contributed by atoms with Crippen LogP contribution in [0.5, 0.6) is 0 Å². The highest BCUT2D eigenvalue weighted by Gasteiger charge is 2.28. The van der Waals surface area contributed by atoms with E-state index in [9.17, 15) is 0 Å². The molecular weight excluding hydrogens is 222 g/mol. The van der Waals surface area contributed by atoms with E-state index in [-0.39, 0.29) is 0 Å². The standard InChI is InChI=1S/C15H27N3/c1-4-18-9-8-16-15(18)10-13-6-5-7-14(13)11-17-12(2)3/h8-9,12-14,17H,4-7,10-11H2,1-3H3. The fourth-order valence-electron chi connectivity index (χ4n) is 3.09. The molecule has 1 aliphatic carbocycles. The van der Waals surface area contributed by atoms with Gasteiger partial charge in [0.25, 0.3) is 0 Å². The molecule has 0 saturated heterocycles. The Balaban J connectivity index is 1.91. The van der Waals surface area contributed by atoms with Crippen LogP contribution in [0.4, 0.5) is 0 Å². The van der Waals surface area contributed by atoms with E-state index >= 15 is 0 Å². The monoisotopic (exact) mass is 249 g/mol. The Morgan fingerprint density at radius 1 is 1.39 bits per heavy atom. The molecule has 0 amide bonds. The normalized spacial score (nSPS) is 24.0. The molecule has 1 aromatic heterocycles. The average Bonchev–Trinajstić information content (AvgIpc) is 2.96. The lowest BCUT2D eigenvalue weighted by Crippen LogP contribution is -2.31. The van der Waals surface area contributed by atoms with Gasteiger partial charge in [-0.05, 0) is 38.1 Å². The number of nitrogens with one attached hydrogen (secondary N) is 1. The van der Waals surface area contributed by atoms with Crippen molar-refractivity contribution in [3.63, 3.8) is 0 Å². The molecule has 2 atom stereocenters. The van der Waals surface area contributed by atoms with Crippen molar-refractivity contribution >= 4 is 0 Å². The summed E-state index contributed by atoms with van der Waals surface area (Å²) in [5.74, 6) is 2.94. The van der Waals surface area contributed by atoms with E-state index in [1.165, 1.54) is 31.6 Å². The van der Waals surface area contributed by atoms with Crippen LogP contribution >= 0.6 is 0 Å². The van der Waals surface area contributed by atoms with E-state index in [2.05, 4.69) is 41.8 Å². The van der Waals surface area contributed by atoms with Crippen molar-refractivity contribution in [1.29, 1.82) is 0 Å². The summed E-state index contributed by atoms with van der Waals surface area (Å²) >= 11 is 0. The molecule has 0 aliphatic heterocycles. The number of nitrogens with zero attached hydrogens (tertiary/aromatic N) is 2. The van der Waals surface area contributed by atoms with E-state index in [0.29, 0.717) is 6.04 Å². The van der Waals surface area contributed by atoms with E-state index in [0.717, 1.165) is 24.8 Å². The zero-order valence-corrected chi connectivity index (χ0v) is 12.0. The lowest BCUT2D eigenvalue weighted by Gasteiger charge is -2.21. The van der Waals surface area contributed by atoms with Crippen molar-refractivity contribution in [2.75, 3.05) is 6.54 Å². The topological polar surface area (TPSA) is 29.9 Å². The predicted molar refractivity (Wildman–Crippen MR) is 75.6 cm³/mol. The molecule has 3 nitrogen and oxygen atoms in total. The molecule has 0 spiro atoms. The molecular formula is C15H27N3. The summed E-state index contributed by atoms with van der Waals surface area (Å²) in [5.41, 5.74) is 0. The average molecular weight is 249 g/mol. The second-order valence-corrected chi connectivity index (χ2v) is 5.85. The van der Waals surface area contributed by atoms with Gasteiger partial charge in [0.15, 0.2) is 0 Å². The quantitative estimate of drug-likeness (QED) is 0.840. The molecule has 18 heavy (non-hydrogen) atoms. The van der Waals surface area contributed by atoms with Crippen LogP contribution in [0.15, 0.2) is 12.4 Å². The molecule has 1 fully saturated rings. The van der Waals surface area contributed by atoms with Crippen LogP contribution in [0.25, 0.3) is 0 Å². The van der Waals surface area contributed by atoms with Gasteiger partial charge >= 0.3 is 0 Å². The second kappa shape index (κ2) is 6.37. The third kappa shape index (κ3) is 3.35. The highest BCUT2D eigenvalue weighted by molar-refractivity contribution is 4.96. The molecule has 2 rings (SSSR count). The minimum atomic E-state index is 0.601. The minimum Gasteiger partial charge on any atom is -0.335 e. The van der Waals surface area contributed by atoms with Crippen LogP contribution in [-0.4, -0.2) is 22.1 Å². The lowest BCUT2D eigenvalue weighted by molar-refractivity contribution is 0.346. The summed E-state index contributed by atoms with van der Waals surface area (Å²) in [6.07, 6.45) is 9.35. The summed E-state index contributed by atoms with van der Waals surface area (Å²) in [7, 11) is 0. The lowest BCUT2D eigenvalue weighted by atomic mass is 9.92. The number of hydrogen-bond donors (Lipinski definition) is 1. The molecule has 1 heterocycles. The van der Waals surface area contributed by atoms with Gasteiger partial charge in [-0.1, -0.05) is 20.3 Å². The van der Waals surface area contributed by atoms with Crippen molar-refractivity contribution in [2.24, 2.45) is 11.8 Å². The summed E-state index contributed by atoms with van der Waals surface area (Å²) in [5, 5.41) is 3.60. The largest absolute Gasteiger partial charge is 0.335 e. The zero-order chi connectivity index (χ0) is 13.0. The first-order chi connectivity index (χ1) is 8.70. The number of imidazole rings is 1. The Labute approximate surface area is 111 Å². The molecule has 1 saturated carbocycles. The molecule has 0 aromatic carbocycles. The number of rotatable bonds is 6. The first-order valence-corrected chi connectivity index (χ1v) is 7.44. The summed E-state index contributed by atoms with van der Waals surface area (Å²) in [6.45, 7) is 8.87. The van der Waals surface area contributed by atoms with Crippen molar-refractivity contribution in [1.82, 2.24) is 14.9 Å². The van der Waals surface area contributed by atoms with Crippen LogP contribution in [0.1, 0.15) is 45.9 Å². The van der Waals surface area contributed by atoms with E-state index in [1.807, 2.05) is 6.20 Å². The molecule has 0 radical (unpaired) electrons. The Kier molecular flexibility index (Phi) is 4.81. The van der Waals surface area contributed by atoms with Crippen LogP contribution in [0, 0.1) is 11.8 Å². The summed E-state index contributed by atoms with van der Waals surface area (Å²) in [6, 6.07) is 0.601. The van der Waals surface area contributed by atoms with Crippen LogP contribution in [0.3, 0.4) is 0 Å². The molecule has 3 heteroatoms. The fraction of sp³-hybridized carbons (Fsp3) is 0.800. The first kappa shape index (κ1) is 13.6. The number of aromatic nitrogens is 2. The van der Waals surface area contributed by atoms with Crippen LogP contribution in [0.2, 0.25) is 0 Å². The van der Waals surface area contributed by atoms with Gasteiger partial charge in [0.1, 0.15) is 5.82 Å². The fourth-order valence-corrected chi connectivity index (χ4v) is 3.09. The van der Waals surface area contributed by atoms with Gasteiger partial charge in [-0.25, -0.2) is 4.98 Å². The summed E-state index contributed by atoms with van der Waals surface area (Å²) in [4.78, 5) is 4.52. The predicted octanol–water partition coefficient (Wildman–Crippen LogP) is 2.86. The van der Waals surface area contributed by atoms with Gasteiger partial charge in [-0.3, -0.25) is 0 Å². The molecule has 1 aromatic rings. The van der Waals surface area contributed by atoms with Gasteiger partial charge in [-0.15, -0.1) is 0 Å². The maximum absolute atomic E-state index is 4.52. The molecule has 1 aliphatic rings. The number of aryl methyl sites for hydroxylation is 1. The highest BCUT2D eigenvalue weighted by Crippen LogP contribution is 2.33. The highest BCUT2D eigenvalue weighted by atomic mass is 15.1. The summed E-state index contributed by atoms with van der Waals surface area (Å²) < 4.78 is 2.28. The third-order valence-corrected chi connectivity index (χ3v) is 4.19. The maximum Gasteiger partial charge on any atom is 0.108 e. The Hall–Kier alpha value is -0.830. The van der Waals surface area contributed by atoms with Gasteiger partial charge in [0.2, 0.25) is 0 Å². The minimum absolute atomic E-state index is 0.601. The van der Waals surface area contributed by atoms with Gasteiger partial charge in [-0.2, -0.15) is 0 Å². The van der Waals surface area contributed by atoms with E-state index in [1.54, 1.807) is 0 Å². The Bertz CT molecular complexity index is 356. The van der Waals surface area contributed by atoms with Crippen LogP contribution < -0.4 is 5.32 Å². The van der Waals surface area contributed by atoms with Crippen molar-refractivity contribution < 1.29 is 0 Å². The molecule has 0 bridgehead atoms. The molecule has 102 valence electrons. The maximum atomic E-state index is 4.52. The van der Waals surface area contributed by atoms with Gasteiger partial charge in [0, 0.05) is 31.4 Å². The first-order valence-electron chi connectivity index (χ1n) is 7.44. The molecule has 2 unspecified atom stereocenters. The zero-order valence-electron chi connectivity index (χ0n) is 12.0. The Morgan fingerprint density at radius 2 is 2.17 bits per heavy atom. The van der Waals surface area contributed by atoms with Gasteiger partial charge < -0.3 is 9.88 Å². The third-order valence-electron chi connectivity index (χ3n) is 4.19. The Morgan fingerprint density at radius 3 is 2.89 bits per heavy atom. The van der Waals surface area contributed by atoms with E-state index in [4.69, 9.17) is 0 Å². The van der Waals surface area contributed by atoms with Crippen LogP contribution in [-0.2, 0) is 13.0 Å². The second-order valence-electron chi connectivity index (χ2n) is 5.85. The van der Waals surface area contributed by atoms with Crippen molar-refractivity contribution in [3.8, 4) is 0 Å². The smallest absolute Gasteiger partial charge is 0.108 e. The van der Waals surface area contributed by atoms with E-state index < -0.39 is 0 Å². The van der Waals surface area contributed by atoms with Crippen molar-refractivity contribution in [2.45, 2.75) is 59.0 Å². The van der Waals surface area contributed by atoms with Crippen molar-refractivity contribution in [3.05, 3.63) is 18.2 Å². The number of hydrogen-bond acceptors (Lipinski definition) is 2. The molecule has 1 N–H and O–H groups in total. The van der Waals surface area contributed by atoms with Gasteiger partial charge in [0.05, 0.1) is 0 Å².